The van der Waals surface area contributed by atoms with Gasteiger partial charge in [-0.25, -0.2) is 4.79 Å². The highest BCUT2D eigenvalue weighted by atomic mass is 16.5. The molecule has 1 aromatic rings. The van der Waals surface area contributed by atoms with Crippen LogP contribution in [0.4, 0.5) is 11.4 Å². The highest BCUT2D eigenvalue weighted by Crippen LogP contribution is 2.30. The van der Waals surface area contributed by atoms with Gasteiger partial charge in [-0.1, -0.05) is 6.07 Å². The molecule has 1 amide bonds. The molecular weight excluding hydrogens is 208 g/mol. The Balaban J connectivity index is 2.48. The van der Waals surface area contributed by atoms with Crippen LogP contribution < -0.4 is 10.6 Å². The monoisotopic (exact) mass is 220 g/mol. The van der Waals surface area contributed by atoms with Crippen molar-refractivity contribution in [2.45, 2.75) is 13.0 Å². The maximum atomic E-state index is 11.5. The van der Waals surface area contributed by atoms with Crippen LogP contribution in [0.25, 0.3) is 0 Å². The number of nitrogens with one attached hydrogen (secondary N) is 2. The summed E-state index contributed by atoms with van der Waals surface area (Å²) in [7, 11) is 1.33. The maximum absolute atomic E-state index is 11.5. The number of rotatable bonds is 1. The lowest BCUT2D eigenvalue weighted by atomic mass is 10.1. The van der Waals surface area contributed by atoms with Crippen molar-refractivity contribution in [3.05, 3.63) is 23.8 Å². The van der Waals surface area contributed by atoms with Gasteiger partial charge in [-0.15, -0.1) is 0 Å². The molecule has 16 heavy (non-hydrogen) atoms. The van der Waals surface area contributed by atoms with E-state index in [1.807, 2.05) is 0 Å². The van der Waals surface area contributed by atoms with Crippen LogP contribution in [0.3, 0.4) is 0 Å². The number of para-hydroxylation sites is 1. The molecule has 0 radical (unpaired) electrons. The number of ether oxygens (including phenoxy) is 1. The third kappa shape index (κ3) is 1.60. The van der Waals surface area contributed by atoms with Crippen molar-refractivity contribution in [3.63, 3.8) is 0 Å². The lowest BCUT2D eigenvalue weighted by Crippen LogP contribution is -2.37. The largest absolute Gasteiger partial charge is 0.465 e. The van der Waals surface area contributed by atoms with Gasteiger partial charge in [0.25, 0.3) is 0 Å². The first kappa shape index (κ1) is 10.5. The van der Waals surface area contributed by atoms with E-state index in [9.17, 15) is 9.59 Å². The number of fused-ring (bicyclic) bond motifs is 1. The van der Waals surface area contributed by atoms with E-state index in [0.29, 0.717) is 16.9 Å². The summed E-state index contributed by atoms with van der Waals surface area (Å²) >= 11 is 0. The molecule has 2 rings (SSSR count). The molecule has 5 heteroatoms. The van der Waals surface area contributed by atoms with Crippen LogP contribution in [0.5, 0.6) is 0 Å². The molecule has 0 unspecified atom stereocenters. The van der Waals surface area contributed by atoms with Crippen molar-refractivity contribution < 1.29 is 14.3 Å². The molecule has 0 saturated carbocycles. The van der Waals surface area contributed by atoms with Gasteiger partial charge in [-0.2, -0.15) is 0 Å². The molecule has 0 aromatic heterocycles. The second-order valence-corrected chi connectivity index (χ2v) is 3.57. The number of hydrogen-bond donors (Lipinski definition) is 2. The van der Waals surface area contributed by atoms with Crippen LogP contribution in [0.15, 0.2) is 18.2 Å². The Kier molecular flexibility index (Phi) is 2.52. The lowest BCUT2D eigenvalue weighted by molar-refractivity contribution is -0.116. The Morgan fingerprint density at radius 3 is 2.88 bits per heavy atom. The molecular formula is C11H12N2O3. The number of carbonyl (C=O) groups is 2. The molecule has 1 aromatic carbocycles. The summed E-state index contributed by atoms with van der Waals surface area (Å²) < 4.78 is 4.67. The van der Waals surface area contributed by atoms with E-state index < -0.39 is 5.97 Å². The van der Waals surface area contributed by atoms with Crippen molar-refractivity contribution in [2.24, 2.45) is 0 Å². The topological polar surface area (TPSA) is 67.4 Å². The Morgan fingerprint density at radius 2 is 2.19 bits per heavy atom. The highest BCUT2D eigenvalue weighted by molar-refractivity contribution is 6.08. The van der Waals surface area contributed by atoms with E-state index in [1.165, 1.54) is 7.11 Å². The minimum Gasteiger partial charge on any atom is -0.465 e. The fraction of sp³-hybridized carbons (Fsp3) is 0.273. The maximum Gasteiger partial charge on any atom is 0.340 e. The number of hydrogen-bond acceptors (Lipinski definition) is 4. The van der Waals surface area contributed by atoms with Crippen LogP contribution >= 0.6 is 0 Å². The normalized spacial score (nSPS) is 18.1. The van der Waals surface area contributed by atoms with Crippen molar-refractivity contribution >= 4 is 23.3 Å². The molecule has 0 spiro atoms. The average molecular weight is 220 g/mol. The second kappa shape index (κ2) is 3.84. The number of benzene rings is 1. The minimum atomic E-state index is -0.423. The number of amides is 1. The molecule has 84 valence electrons. The number of methoxy groups -OCH3 is 1. The summed E-state index contributed by atoms with van der Waals surface area (Å²) in [6.07, 6.45) is 0. The number of anilines is 2. The van der Waals surface area contributed by atoms with Crippen molar-refractivity contribution in [2.75, 3.05) is 17.7 Å². The first-order chi connectivity index (χ1) is 7.63. The van der Waals surface area contributed by atoms with Gasteiger partial charge >= 0.3 is 5.97 Å². The molecule has 1 heterocycles. The Morgan fingerprint density at radius 1 is 1.44 bits per heavy atom. The summed E-state index contributed by atoms with van der Waals surface area (Å²) in [5.74, 6) is -0.540. The van der Waals surface area contributed by atoms with Gasteiger partial charge in [0.1, 0.15) is 6.04 Å². The zero-order chi connectivity index (χ0) is 11.7. The van der Waals surface area contributed by atoms with Gasteiger partial charge < -0.3 is 15.4 Å². The Hall–Kier alpha value is -2.04. The molecule has 5 nitrogen and oxygen atoms in total. The van der Waals surface area contributed by atoms with Gasteiger partial charge in [0.15, 0.2) is 0 Å². The van der Waals surface area contributed by atoms with E-state index in [0.717, 1.165) is 0 Å². The number of carbonyl (C=O) groups excluding carboxylic acids is 2. The van der Waals surface area contributed by atoms with Crippen molar-refractivity contribution in [3.8, 4) is 0 Å². The Bertz CT molecular complexity index is 457. The smallest absolute Gasteiger partial charge is 0.340 e. The molecule has 1 aliphatic rings. The van der Waals surface area contributed by atoms with E-state index in [4.69, 9.17) is 0 Å². The molecule has 0 fully saturated rings. The first-order valence-electron chi connectivity index (χ1n) is 4.92. The van der Waals surface area contributed by atoms with E-state index in [-0.39, 0.29) is 11.9 Å². The zero-order valence-electron chi connectivity index (χ0n) is 9.03. The van der Waals surface area contributed by atoms with Crippen LogP contribution in [0.1, 0.15) is 17.3 Å². The SMILES string of the molecule is COC(=O)c1cccc2c1N[C@H](C)C(=O)N2. The first-order valence-corrected chi connectivity index (χ1v) is 4.92. The molecule has 0 aliphatic carbocycles. The van der Waals surface area contributed by atoms with Gasteiger partial charge in [-0.3, -0.25) is 4.79 Å². The quantitative estimate of drug-likeness (QED) is 0.698. The summed E-state index contributed by atoms with van der Waals surface area (Å²) in [5.41, 5.74) is 1.64. The molecule has 1 aliphatic heterocycles. The fourth-order valence-electron chi connectivity index (χ4n) is 1.62. The summed E-state index contributed by atoms with van der Waals surface area (Å²) in [6, 6.07) is 4.72. The van der Waals surface area contributed by atoms with Crippen molar-refractivity contribution in [1.82, 2.24) is 0 Å². The molecule has 1 atom stereocenters. The van der Waals surface area contributed by atoms with E-state index in [2.05, 4.69) is 15.4 Å². The van der Waals surface area contributed by atoms with Crippen LogP contribution in [-0.2, 0) is 9.53 Å². The van der Waals surface area contributed by atoms with Crippen molar-refractivity contribution in [1.29, 1.82) is 0 Å². The predicted molar refractivity (Wildman–Crippen MR) is 59.5 cm³/mol. The summed E-state index contributed by atoms with van der Waals surface area (Å²) in [6.45, 7) is 1.73. The van der Waals surface area contributed by atoms with Crippen LogP contribution in [0.2, 0.25) is 0 Å². The van der Waals surface area contributed by atoms with Gasteiger partial charge in [0.2, 0.25) is 5.91 Å². The van der Waals surface area contributed by atoms with Crippen LogP contribution in [-0.4, -0.2) is 25.0 Å². The number of esters is 1. The average Bonchev–Trinajstić information content (AvgIpc) is 2.29. The van der Waals surface area contributed by atoms with Gasteiger partial charge in [0, 0.05) is 0 Å². The zero-order valence-corrected chi connectivity index (χ0v) is 9.03. The predicted octanol–water partition coefficient (Wildman–Crippen LogP) is 1.23. The van der Waals surface area contributed by atoms with Gasteiger partial charge in [0.05, 0.1) is 24.0 Å². The molecule has 0 bridgehead atoms. The van der Waals surface area contributed by atoms with Crippen LogP contribution in [0, 0.1) is 0 Å². The third-order valence-corrected chi connectivity index (χ3v) is 2.48. The van der Waals surface area contributed by atoms with Gasteiger partial charge in [-0.05, 0) is 19.1 Å². The Labute approximate surface area is 92.8 Å². The molecule has 2 N–H and O–H groups in total. The lowest BCUT2D eigenvalue weighted by Gasteiger charge is -2.25. The minimum absolute atomic E-state index is 0.116. The molecule has 0 saturated heterocycles. The highest BCUT2D eigenvalue weighted by Gasteiger charge is 2.25. The summed E-state index contributed by atoms with van der Waals surface area (Å²) in [4.78, 5) is 22.9. The van der Waals surface area contributed by atoms with E-state index >= 15 is 0 Å². The van der Waals surface area contributed by atoms with E-state index in [1.54, 1.807) is 25.1 Å². The third-order valence-electron chi connectivity index (χ3n) is 2.48. The summed E-state index contributed by atoms with van der Waals surface area (Å²) in [5, 5.41) is 5.70. The second-order valence-electron chi connectivity index (χ2n) is 3.57. The fourth-order valence-corrected chi connectivity index (χ4v) is 1.62. The standard InChI is InChI=1S/C11H12N2O3/c1-6-10(14)13-8-5-3-4-7(9(8)12-6)11(15)16-2/h3-6,12H,1-2H3,(H,13,14)/t6-/m1/s1.